The van der Waals surface area contributed by atoms with Crippen LogP contribution in [0.3, 0.4) is 0 Å². The second-order valence-electron chi connectivity index (χ2n) is 9.62. The third kappa shape index (κ3) is 3.57. The van der Waals surface area contributed by atoms with Crippen LogP contribution in [0.4, 0.5) is 5.69 Å². The number of nitrogens with one attached hydrogen (secondary N) is 1. The molecular formula is C28H26ClNO3. The highest BCUT2D eigenvalue weighted by Gasteiger charge is 2.54. The van der Waals surface area contributed by atoms with Crippen LogP contribution in [0.15, 0.2) is 66.7 Å². The summed E-state index contributed by atoms with van der Waals surface area (Å²) in [6.45, 7) is 0.488. The quantitative estimate of drug-likeness (QED) is 0.435. The summed E-state index contributed by atoms with van der Waals surface area (Å²) in [6.07, 6.45) is 3.79. The van der Waals surface area contributed by atoms with Crippen molar-refractivity contribution in [3.05, 3.63) is 94.0 Å². The highest BCUT2D eigenvalue weighted by molar-refractivity contribution is 6.30. The first kappa shape index (κ1) is 20.6. The van der Waals surface area contributed by atoms with Crippen LogP contribution in [0, 0.1) is 17.8 Å². The van der Waals surface area contributed by atoms with Gasteiger partial charge in [0.15, 0.2) is 0 Å². The molecule has 0 saturated heterocycles. The first-order chi connectivity index (χ1) is 16.1. The minimum atomic E-state index is -0.870. The Hall–Kier alpha value is -2.98. The third-order valence-electron chi connectivity index (χ3n) is 7.91. The monoisotopic (exact) mass is 459 g/mol. The van der Waals surface area contributed by atoms with Crippen molar-refractivity contribution in [1.82, 2.24) is 0 Å². The fourth-order valence-corrected chi connectivity index (χ4v) is 6.67. The fraction of sp³-hybridized carbons (Fsp3) is 0.321. The van der Waals surface area contributed by atoms with E-state index in [0.29, 0.717) is 35.8 Å². The number of fused-ring (bicyclic) bond motifs is 7. The van der Waals surface area contributed by atoms with E-state index in [1.165, 1.54) is 30.4 Å². The van der Waals surface area contributed by atoms with Crippen LogP contribution in [-0.4, -0.2) is 11.1 Å². The molecule has 0 spiro atoms. The molecule has 168 valence electrons. The minimum absolute atomic E-state index is 0.114. The van der Waals surface area contributed by atoms with Gasteiger partial charge in [0.25, 0.3) is 0 Å². The summed E-state index contributed by atoms with van der Waals surface area (Å²) < 4.78 is 5.98. The van der Waals surface area contributed by atoms with Crippen molar-refractivity contribution in [1.29, 1.82) is 0 Å². The molecule has 2 saturated carbocycles. The van der Waals surface area contributed by atoms with E-state index in [4.69, 9.17) is 16.3 Å². The lowest BCUT2D eigenvalue weighted by molar-refractivity contribution is 0.0697. The van der Waals surface area contributed by atoms with Gasteiger partial charge in [-0.2, -0.15) is 0 Å². The lowest BCUT2D eigenvalue weighted by Crippen LogP contribution is -2.36. The topological polar surface area (TPSA) is 58.6 Å². The summed E-state index contributed by atoms with van der Waals surface area (Å²) in [5.74, 6) is 2.24. The molecule has 5 atom stereocenters. The van der Waals surface area contributed by atoms with E-state index in [0.717, 1.165) is 22.0 Å². The largest absolute Gasteiger partial charge is 0.489 e. The molecule has 1 heterocycles. The average Bonchev–Trinajstić information content (AvgIpc) is 3.46. The molecule has 0 aromatic heterocycles. The van der Waals surface area contributed by atoms with Crippen LogP contribution < -0.4 is 10.1 Å². The van der Waals surface area contributed by atoms with Crippen molar-refractivity contribution in [3.8, 4) is 5.75 Å². The number of ether oxygens (including phenoxy) is 1. The second kappa shape index (κ2) is 8.11. The molecule has 4 nitrogen and oxygen atoms in total. The Balaban J connectivity index is 1.28. The van der Waals surface area contributed by atoms with Gasteiger partial charge in [-0.1, -0.05) is 48.0 Å². The summed E-state index contributed by atoms with van der Waals surface area (Å²) in [7, 11) is 0. The fourth-order valence-electron chi connectivity index (χ4n) is 6.54. The molecule has 2 N–H and O–H groups in total. The number of carbonyl (C=O) groups is 1. The highest BCUT2D eigenvalue weighted by atomic mass is 35.5. The predicted molar refractivity (Wildman–Crippen MR) is 129 cm³/mol. The number of hydrogen-bond donors (Lipinski definition) is 2. The third-order valence-corrected chi connectivity index (χ3v) is 8.16. The first-order valence-electron chi connectivity index (χ1n) is 11.7. The van der Waals surface area contributed by atoms with Crippen LogP contribution in [-0.2, 0) is 6.61 Å². The van der Waals surface area contributed by atoms with Crippen LogP contribution in [0.5, 0.6) is 5.75 Å². The molecule has 0 amide bonds. The number of carboxylic acid groups (broad SMARTS) is 1. The molecule has 3 aliphatic rings. The van der Waals surface area contributed by atoms with Crippen LogP contribution in [0.2, 0.25) is 5.02 Å². The average molecular weight is 460 g/mol. The van der Waals surface area contributed by atoms with Gasteiger partial charge in [-0.05, 0) is 90.0 Å². The van der Waals surface area contributed by atoms with Crippen molar-refractivity contribution in [2.24, 2.45) is 17.8 Å². The zero-order chi connectivity index (χ0) is 22.5. The molecule has 0 radical (unpaired) electrons. The van der Waals surface area contributed by atoms with Gasteiger partial charge >= 0.3 is 5.97 Å². The molecule has 1 aliphatic heterocycles. The Morgan fingerprint density at radius 2 is 1.76 bits per heavy atom. The number of hydrogen-bond acceptors (Lipinski definition) is 3. The van der Waals surface area contributed by atoms with E-state index in [9.17, 15) is 9.90 Å². The van der Waals surface area contributed by atoms with Gasteiger partial charge in [-0.15, -0.1) is 0 Å². The van der Waals surface area contributed by atoms with Crippen molar-refractivity contribution in [2.75, 3.05) is 5.32 Å². The van der Waals surface area contributed by atoms with E-state index >= 15 is 0 Å². The summed E-state index contributed by atoms with van der Waals surface area (Å²) in [5.41, 5.74) is 4.65. The van der Waals surface area contributed by atoms with Crippen LogP contribution >= 0.6 is 11.6 Å². The summed E-state index contributed by atoms with van der Waals surface area (Å²) in [6, 6.07) is 21.8. The molecule has 33 heavy (non-hydrogen) atoms. The lowest BCUT2D eigenvalue weighted by atomic mass is 9.67. The Kier molecular flexibility index (Phi) is 5.06. The Labute approximate surface area is 198 Å². The minimum Gasteiger partial charge on any atom is -0.489 e. The molecule has 2 aliphatic carbocycles. The molecule has 3 aromatic rings. The summed E-state index contributed by atoms with van der Waals surface area (Å²) in [4.78, 5) is 12.0. The van der Waals surface area contributed by atoms with E-state index in [-0.39, 0.29) is 6.04 Å². The number of halogens is 1. The SMILES string of the molecule is O=C(O)c1cccc2c1N[C@H](c1ccc(OCc3ccc(Cl)cc3)cc1)[C@H]1[C@H]3CC[C@@H](C3)[C@H]21. The lowest BCUT2D eigenvalue weighted by Gasteiger charge is -2.44. The Morgan fingerprint density at radius 3 is 2.52 bits per heavy atom. The predicted octanol–water partition coefficient (Wildman–Crippen LogP) is 6.91. The molecule has 2 bridgehead atoms. The van der Waals surface area contributed by atoms with E-state index < -0.39 is 5.97 Å². The molecule has 3 aromatic carbocycles. The smallest absolute Gasteiger partial charge is 0.337 e. The van der Waals surface area contributed by atoms with Crippen molar-refractivity contribution < 1.29 is 14.6 Å². The number of benzene rings is 3. The first-order valence-corrected chi connectivity index (χ1v) is 12.1. The van der Waals surface area contributed by atoms with Crippen LogP contribution in [0.25, 0.3) is 0 Å². The second-order valence-corrected chi connectivity index (χ2v) is 10.1. The zero-order valence-electron chi connectivity index (χ0n) is 18.2. The van der Waals surface area contributed by atoms with Gasteiger partial charge in [0, 0.05) is 5.02 Å². The summed E-state index contributed by atoms with van der Waals surface area (Å²) >= 11 is 5.96. The van der Waals surface area contributed by atoms with E-state index in [2.05, 4.69) is 23.5 Å². The van der Waals surface area contributed by atoms with Crippen molar-refractivity contribution in [3.63, 3.8) is 0 Å². The molecule has 6 rings (SSSR count). The standard InChI is InChI=1S/C28H26ClNO3/c29-20-10-4-16(5-11-20)15-33-21-12-8-17(9-13-21)26-25-19-7-6-18(14-19)24(25)22-2-1-3-23(28(31)32)27(22)30-26/h1-5,8-13,18-19,24-26,30H,6-7,14-15H2,(H,31,32)/t18-,19-,24+,25-,26+/m0/s1. The van der Waals surface area contributed by atoms with Crippen molar-refractivity contribution >= 4 is 23.3 Å². The van der Waals surface area contributed by atoms with Gasteiger partial charge < -0.3 is 15.2 Å². The normalized spacial score (nSPS) is 26.9. The maximum Gasteiger partial charge on any atom is 0.337 e. The van der Waals surface area contributed by atoms with Gasteiger partial charge in [-0.25, -0.2) is 4.79 Å². The maximum absolute atomic E-state index is 12.0. The number of aromatic carboxylic acids is 1. The highest BCUT2D eigenvalue weighted by Crippen LogP contribution is 2.64. The van der Waals surface area contributed by atoms with Gasteiger partial charge in [0.2, 0.25) is 0 Å². The van der Waals surface area contributed by atoms with Crippen molar-refractivity contribution in [2.45, 2.75) is 37.8 Å². The number of para-hydroxylation sites is 1. The Bertz CT molecular complexity index is 1190. The van der Waals surface area contributed by atoms with E-state index in [1.807, 2.05) is 42.5 Å². The molecule has 2 fully saturated rings. The molecule has 0 unspecified atom stereocenters. The maximum atomic E-state index is 12.0. The van der Waals surface area contributed by atoms with E-state index in [1.54, 1.807) is 6.07 Å². The zero-order valence-corrected chi connectivity index (χ0v) is 19.0. The number of rotatable bonds is 5. The molecule has 5 heteroatoms. The van der Waals surface area contributed by atoms with Gasteiger partial charge in [-0.3, -0.25) is 0 Å². The summed E-state index contributed by atoms with van der Waals surface area (Å²) in [5, 5.41) is 14.2. The molecular weight excluding hydrogens is 434 g/mol. The van der Waals surface area contributed by atoms with Gasteiger partial charge in [0.05, 0.1) is 17.3 Å². The number of carboxylic acids is 1. The van der Waals surface area contributed by atoms with Gasteiger partial charge in [0.1, 0.15) is 12.4 Å². The number of anilines is 1. The Morgan fingerprint density at radius 1 is 1.00 bits per heavy atom. The van der Waals surface area contributed by atoms with Crippen LogP contribution in [0.1, 0.15) is 58.3 Å².